The highest BCUT2D eigenvalue weighted by atomic mass is 16.6. The summed E-state index contributed by atoms with van der Waals surface area (Å²) in [6, 6.07) is 10.7. The number of nitrogens with zero attached hydrogens (tertiary/aromatic N) is 2. The third kappa shape index (κ3) is 7.14. The Morgan fingerprint density at radius 3 is 2.38 bits per heavy atom. The molecular weight excluding hydrogens is 436 g/mol. The Morgan fingerprint density at radius 2 is 1.79 bits per heavy atom. The van der Waals surface area contributed by atoms with Crippen LogP contribution in [-0.4, -0.2) is 71.2 Å². The Bertz CT molecular complexity index is 873. The van der Waals surface area contributed by atoms with E-state index in [1.807, 2.05) is 20.3 Å². The van der Waals surface area contributed by atoms with E-state index in [0.29, 0.717) is 18.4 Å². The zero-order valence-corrected chi connectivity index (χ0v) is 20.6. The Balaban J connectivity index is 0.000000604. The van der Waals surface area contributed by atoms with Gasteiger partial charge in [0.1, 0.15) is 6.61 Å². The fourth-order valence-corrected chi connectivity index (χ4v) is 5.11. The van der Waals surface area contributed by atoms with Gasteiger partial charge in [-0.2, -0.15) is 0 Å². The molecule has 2 saturated carbocycles. The van der Waals surface area contributed by atoms with Gasteiger partial charge in [-0.05, 0) is 76.1 Å². The van der Waals surface area contributed by atoms with Gasteiger partial charge in [0.05, 0.1) is 11.8 Å². The molecule has 188 valence electrons. The Labute approximate surface area is 201 Å². The molecule has 0 aliphatic heterocycles. The van der Waals surface area contributed by atoms with Crippen molar-refractivity contribution in [2.45, 2.75) is 57.5 Å². The van der Waals surface area contributed by atoms with Crippen LogP contribution in [0.4, 0.5) is 0 Å². The lowest BCUT2D eigenvalue weighted by molar-refractivity contribution is -0.159. The van der Waals surface area contributed by atoms with Gasteiger partial charge in [-0.3, -0.25) is 0 Å². The summed E-state index contributed by atoms with van der Waals surface area (Å²) in [7, 11) is 4.04. The molecular formula is C26H38N2O6. The molecule has 3 rings (SSSR count). The fourth-order valence-electron chi connectivity index (χ4n) is 5.11. The SMILES string of the molecule is CC(C=NOCCN(C)C)=C[C@H]1CC[C@]2(O)C[C@@H](c3ccccc3)CC[C@]12C.O=C(O)C(=O)O. The van der Waals surface area contributed by atoms with Crippen LogP contribution in [0.2, 0.25) is 0 Å². The molecule has 0 amide bonds. The first kappa shape index (κ1) is 27.5. The molecule has 2 fully saturated rings. The maximum Gasteiger partial charge on any atom is 0.414 e. The molecule has 1 aromatic carbocycles. The summed E-state index contributed by atoms with van der Waals surface area (Å²) in [6.07, 6.45) is 9.13. The van der Waals surface area contributed by atoms with Crippen LogP contribution in [0, 0.1) is 11.3 Å². The molecule has 4 atom stereocenters. The van der Waals surface area contributed by atoms with Crippen molar-refractivity contribution in [2.24, 2.45) is 16.5 Å². The van der Waals surface area contributed by atoms with Crippen molar-refractivity contribution >= 4 is 18.2 Å². The third-order valence-corrected chi connectivity index (χ3v) is 7.23. The number of likely N-dealkylation sites (N-methyl/N-ethyl adjacent to an activating group) is 1. The molecule has 8 heteroatoms. The summed E-state index contributed by atoms with van der Waals surface area (Å²) in [4.78, 5) is 25.6. The lowest BCUT2D eigenvalue weighted by atomic mass is 9.59. The summed E-state index contributed by atoms with van der Waals surface area (Å²) in [5.41, 5.74) is 1.85. The number of fused-ring (bicyclic) bond motifs is 1. The lowest BCUT2D eigenvalue weighted by Crippen LogP contribution is -2.49. The molecule has 0 saturated heterocycles. The Morgan fingerprint density at radius 1 is 1.15 bits per heavy atom. The van der Waals surface area contributed by atoms with Crippen molar-refractivity contribution in [2.75, 3.05) is 27.2 Å². The minimum atomic E-state index is -1.82. The van der Waals surface area contributed by atoms with Crippen LogP contribution in [-0.2, 0) is 14.4 Å². The number of carbonyl (C=O) groups is 2. The quantitative estimate of drug-likeness (QED) is 0.238. The molecule has 0 bridgehead atoms. The van der Waals surface area contributed by atoms with Crippen molar-refractivity contribution in [1.82, 2.24) is 4.90 Å². The first-order valence-electron chi connectivity index (χ1n) is 11.7. The van der Waals surface area contributed by atoms with Crippen LogP contribution < -0.4 is 0 Å². The third-order valence-electron chi connectivity index (χ3n) is 7.23. The lowest BCUT2D eigenvalue weighted by Gasteiger charge is -2.49. The Hall–Kier alpha value is -2.71. The number of oxime groups is 1. The zero-order valence-electron chi connectivity index (χ0n) is 20.6. The monoisotopic (exact) mass is 474 g/mol. The molecule has 34 heavy (non-hydrogen) atoms. The van der Waals surface area contributed by atoms with Gasteiger partial charge in [0, 0.05) is 12.0 Å². The molecule has 0 radical (unpaired) electrons. The van der Waals surface area contributed by atoms with Gasteiger partial charge in [-0.15, -0.1) is 0 Å². The predicted octanol–water partition coefficient (Wildman–Crippen LogP) is 3.77. The van der Waals surface area contributed by atoms with Crippen LogP contribution in [0.15, 0.2) is 47.1 Å². The van der Waals surface area contributed by atoms with Gasteiger partial charge < -0.3 is 25.1 Å². The Kier molecular flexibility index (Phi) is 9.82. The number of benzene rings is 1. The standard InChI is InChI=1S/C24H36N2O2.C2H2O4/c1-19(18-25-28-15-14-26(3)4)16-22-11-13-24(27)17-21(10-12-23(22,24)2)20-8-6-5-7-9-20;3-1(4)2(5)6/h5-9,16,18,21-22,27H,10-15,17H2,1-4H3;(H,3,4)(H,5,6)/t21-,22+,23+,24-;/m0./s1. The topological polar surface area (TPSA) is 120 Å². The maximum absolute atomic E-state index is 11.6. The second-order valence-electron chi connectivity index (χ2n) is 9.84. The molecule has 2 aliphatic carbocycles. The van der Waals surface area contributed by atoms with E-state index in [4.69, 9.17) is 24.6 Å². The predicted molar refractivity (Wildman–Crippen MR) is 131 cm³/mol. The van der Waals surface area contributed by atoms with Crippen molar-refractivity contribution in [3.8, 4) is 0 Å². The van der Waals surface area contributed by atoms with E-state index in [1.54, 1.807) is 0 Å². The highest BCUT2D eigenvalue weighted by molar-refractivity contribution is 6.27. The highest BCUT2D eigenvalue weighted by Crippen LogP contribution is 2.61. The molecule has 3 N–H and O–H groups in total. The molecule has 8 nitrogen and oxygen atoms in total. The van der Waals surface area contributed by atoms with Crippen LogP contribution >= 0.6 is 0 Å². The molecule has 2 aliphatic rings. The number of carboxylic acids is 2. The van der Waals surface area contributed by atoms with Gasteiger partial charge in [0.25, 0.3) is 0 Å². The highest BCUT2D eigenvalue weighted by Gasteiger charge is 2.58. The van der Waals surface area contributed by atoms with Crippen LogP contribution in [0.5, 0.6) is 0 Å². The number of hydrogen-bond acceptors (Lipinski definition) is 6. The number of carboxylic acid groups (broad SMARTS) is 2. The van der Waals surface area contributed by atoms with E-state index in [-0.39, 0.29) is 5.41 Å². The number of rotatable bonds is 7. The van der Waals surface area contributed by atoms with Gasteiger partial charge in [-0.1, -0.05) is 48.5 Å². The van der Waals surface area contributed by atoms with Crippen molar-refractivity contribution < 1.29 is 29.7 Å². The van der Waals surface area contributed by atoms with Crippen LogP contribution in [0.1, 0.15) is 57.4 Å². The molecule has 0 spiro atoms. The minimum Gasteiger partial charge on any atom is -0.473 e. The van der Waals surface area contributed by atoms with Crippen molar-refractivity contribution in [3.05, 3.63) is 47.5 Å². The number of aliphatic hydroxyl groups is 1. The van der Waals surface area contributed by atoms with Crippen LogP contribution in [0.3, 0.4) is 0 Å². The van der Waals surface area contributed by atoms with Crippen molar-refractivity contribution in [3.63, 3.8) is 0 Å². The van der Waals surface area contributed by atoms with E-state index in [0.717, 1.165) is 44.2 Å². The van der Waals surface area contributed by atoms with Gasteiger partial charge in [0.2, 0.25) is 0 Å². The second-order valence-corrected chi connectivity index (χ2v) is 9.84. The van der Waals surface area contributed by atoms with E-state index < -0.39 is 17.5 Å². The molecule has 0 aromatic heterocycles. The minimum absolute atomic E-state index is 0.0564. The van der Waals surface area contributed by atoms with E-state index in [9.17, 15) is 5.11 Å². The van der Waals surface area contributed by atoms with E-state index in [1.165, 1.54) is 5.56 Å². The zero-order chi connectivity index (χ0) is 25.4. The molecule has 0 heterocycles. The second kappa shape index (κ2) is 12.1. The first-order chi connectivity index (χ1) is 16.0. The van der Waals surface area contributed by atoms with Gasteiger partial charge in [-0.25, -0.2) is 9.59 Å². The van der Waals surface area contributed by atoms with Gasteiger partial charge >= 0.3 is 11.9 Å². The van der Waals surface area contributed by atoms with Crippen LogP contribution in [0.25, 0.3) is 0 Å². The van der Waals surface area contributed by atoms with Crippen molar-refractivity contribution in [1.29, 1.82) is 0 Å². The van der Waals surface area contributed by atoms with E-state index in [2.05, 4.69) is 60.3 Å². The maximum atomic E-state index is 11.6. The largest absolute Gasteiger partial charge is 0.473 e. The number of aliphatic carboxylic acids is 2. The van der Waals surface area contributed by atoms with E-state index >= 15 is 0 Å². The summed E-state index contributed by atoms with van der Waals surface area (Å²) in [6.45, 7) is 5.82. The molecule has 0 unspecified atom stereocenters. The first-order valence-corrected chi connectivity index (χ1v) is 11.7. The summed E-state index contributed by atoms with van der Waals surface area (Å²) < 4.78 is 0. The summed E-state index contributed by atoms with van der Waals surface area (Å²) >= 11 is 0. The smallest absolute Gasteiger partial charge is 0.414 e. The number of allylic oxidation sites excluding steroid dienone is 2. The molecule has 1 aromatic rings. The summed E-state index contributed by atoms with van der Waals surface area (Å²) in [5, 5.41) is 30.5. The summed E-state index contributed by atoms with van der Waals surface area (Å²) in [5.74, 6) is -2.79. The number of hydrogen-bond donors (Lipinski definition) is 3. The average molecular weight is 475 g/mol. The average Bonchev–Trinajstić information content (AvgIpc) is 3.04. The van der Waals surface area contributed by atoms with Gasteiger partial charge in [0.15, 0.2) is 0 Å². The normalized spacial score (nSPS) is 28.8. The fraction of sp³-hybridized carbons (Fsp3) is 0.577.